The summed E-state index contributed by atoms with van der Waals surface area (Å²) in [5, 5.41) is 0. The number of hydrogen-bond donors (Lipinski definition) is 0. The number of hydrogen-bond acceptors (Lipinski definition) is 4. The van der Waals surface area contributed by atoms with Gasteiger partial charge in [0.15, 0.2) is 0 Å². The van der Waals surface area contributed by atoms with Crippen LogP contribution in [0.4, 0.5) is 4.79 Å². The number of amides is 1. The van der Waals surface area contributed by atoms with Gasteiger partial charge in [0.25, 0.3) is 0 Å². The Balaban J connectivity index is 1.77. The van der Waals surface area contributed by atoms with E-state index in [4.69, 9.17) is 9.47 Å². The van der Waals surface area contributed by atoms with Crippen molar-refractivity contribution >= 4 is 6.09 Å². The number of ether oxygens (including phenoxy) is 2. The van der Waals surface area contributed by atoms with Crippen LogP contribution < -0.4 is 0 Å². The van der Waals surface area contributed by atoms with E-state index >= 15 is 0 Å². The minimum atomic E-state index is -0.416. The van der Waals surface area contributed by atoms with Crippen LogP contribution in [0.1, 0.15) is 40.0 Å². The van der Waals surface area contributed by atoms with Crippen LogP contribution in [-0.4, -0.2) is 66.9 Å². The molecular formula is C15H28N2O3. The second-order valence-electron chi connectivity index (χ2n) is 6.76. The molecule has 0 bridgehead atoms. The Morgan fingerprint density at radius 2 is 2.00 bits per heavy atom. The first-order chi connectivity index (χ1) is 9.44. The summed E-state index contributed by atoms with van der Waals surface area (Å²) in [6.45, 7) is 11.1. The van der Waals surface area contributed by atoms with Gasteiger partial charge >= 0.3 is 6.09 Å². The summed E-state index contributed by atoms with van der Waals surface area (Å²) in [5.41, 5.74) is -0.416. The van der Waals surface area contributed by atoms with E-state index in [0.717, 1.165) is 45.8 Å². The molecule has 5 nitrogen and oxygen atoms in total. The fourth-order valence-electron chi connectivity index (χ4n) is 2.74. The van der Waals surface area contributed by atoms with Crippen molar-refractivity contribution in [1.29, 1.82) is 0 Å². The zero-order valence-corrected chi connectivity index (χ0v) is 13.1. The van der Waals surface area contributed by atoms with Crippen LogP contribution in [-0.2, 0) is 9.47 Å². The van der Waals surface area contributed by atoms with E-state index in [1.165, 1.54) is 12.8 Å². The maximum atomic E-state index is 12.1. The molecule has 0 aromatic carbocycles. The van der Waals surface area contributed by atoms with Crippen LogP contribution in [0.2, 0.25) is 0 Å². The number of carbonyl (C=O) groups excluding carboxylic acids is 1. The summed E-state index contributed by atoms with van der Waals surface area (Å²) in [6, 6.07) is 0. The molecule has 0 radical (unpaired) electrons. The summed E-state index contributed by atoms with van der Waals surface area (Å²) in [6.07, 6.45) is 3.57. The van der Waals surface area contributed by atoms with Gasteiger partial charge in [0, 0.05) is 32.8 Å². The Morgan fingerprint density at radius 3 is 2.65 bits per heavy atom. The molecular weight excluding hydrogens is 256 g/mol. The molecule has 2 rings (SSSR count). The molecule has 0 aromatic heterocycles. The van der Waals surface area contributed by atoms with Crippen molar-refractivity contribution in [2.75, 3.05) is 39.3 Å². The van der Waals surface area contributed by atoms with Crippen LogP contribution in [0.25, 0.3) is 0 Å². The van der Waals surface area contributed by atoms with E-state index in [1.807, 2.05) is 25.7 Å². The average Bonchev–Trinajstić information content (AvgIpc) is 2.72. The third-order valence-electron chi connectivity index (χ3n) is 3.73. The largest absolute Gasteiger partial charge is 0.444 e. The van der Waals surface area contributed by atoms with Gasteiger partial charge in [-0.25, -0.2) is 4.79 Å². The van der Waals surface area contributed by atoms with E-state index in [-0.39, 0.29) is 6.09 Å². The fraction of sp³-hybridized carbons (Fsp3) is 0.933. The first kappa shape index (κ1) is 15.6. The maximum Gasteiger partial charge on any atom is 0.410 e. The molecule has 2 saturated heterocycles. The van der Waals surface area contributed by atoms with Crippen molar-refractivity contribution in [3.8, 4) is 0 Å². The molecule has 5 heteroatoms. The third-order valence-corrected chi connectivity index (χ3v) is 3.73. The molecule has 1 unspecified atom stereocenters. The van der Waals surface area contributed by atoms with E-state index < -0.39 is 5.60 Å². The minimum Gasteiger partial charge on any atom is -0.444 e. The highest BCUT2D eigenvalue weighted by molar-refractivity contribution is 5.68. The standard InChI is InChI=1S/C15H28N2O3/c1-15(2,3)20-14(18)17-8-5-7-16(9-10-17)12-13-6-4-11-19-13/h13H,4-12H2,1-3H3. The van der Waals surface area contributed by atoms with Gasteiger partial charge in [0.2, 0.25) is 0 Å². The summed E-state index contributed by atoms with van der Waals surface area (Å²) in [5.74, 6) is 0. The Morgan fingerprint density at radius 1 is 1.20 bits per heavy atom. The Kier molecular flexibility index (Phi) is 5.27. The lowest BCUT2D eigenvalue weighted by molar-refractivity contribution is 0.0253. The number of nitrogens with zero attached hydrogens (tertiary/aromatic N) is 2. The summed E-state index contributed by atoms with van der Waals surface area (Å²) in [7, 11) is 0. The van der Waals surface area contributed by atoms with Gasteiger partial charge in [-0.2, -0.15) is 0 Å². The van der Waals surface area contributed by atoms with Crippen molar-refractivity contribution in [3.05, 3.63) is 0 Å². The van der Waals surface area contributed by atoms with Crippen molar-refractivity contribution in [1.82, 2.24) is 9.80 Å². The molecule has 0 aromatic rings. The Hall–Kier alpha value is -0.810. The van der Waals surface area contributed by atoms with Crippen LogP contribution >= 0.6 is 0 Å². The Labute approximate surface area is 122 Å². The van der Waals surface area contributed by atoms with Crippen molar-refractivity contribution < 1.29 is 14.3 Å². The van der Waals surface area contributed by atoms with E-state index in [9.17, 15) is 4.79 Å². The van der Waals surface area contributed by atoms with Crippen LogP contribution in [0.15, 0.2) is 0 Å². The minimum absolute atomic E-state index is 0.184. The topological polar surface area (TPSA) is 42.0 Å². The number of rotatable bonds is 2. The van der Waals surface area contributed by atoms with Crippen molar-refractivity contribution in [2.45, 2.75) is 51.7 Å². The van der Waals surface area contributed by atoms with Crippen LogP contribution in [0.5, 0.6) is 0 Å². The highest BCUT2D eigenvalue weighted by Gasteiger charge is 2.26. The molecule has 0 saturated carbocycles. The van der Waals surface area contributed by atoms with Gasteiger partial charge in [-0.05, 0) is 46.6 Å². The normalized spacial score (nSPS) is 25.6. The summed E-state index contributed by atoms with van der Waals surface area (Å²) < 4.78 is 11.1. The third kappa shape index (κ3) is 4.94. The highest BCUT2D eigenvalue weighted by atomic mass is 16.6. The number of carbonyl (C=O) groups is 1. The molecule has 2 heterocycles. The van der Waals surface area contributed by atoms with Gasteiger partial charge in [0.1, 0.15) is 5.60 Å². The predicted molar refractivity (Wildman–Crippen MR) is 77.8 cm³/mol. The van der Waals surface area contributed by atoms with Crippen LogP contribution in [0, 0.1) is 0 Å². The molecule has 0 spiro atoms. The van der Waals surface area contributed by atoms with E-state index in [2.05, 4.69) is 4.90 Å². The lowest BCUT2D eigenvalue weighted by atomic mass is 10.2. The predicted octanol–water partition coefficient (Wildman–Crippen LogP) is 2.11. The SMILES string of the molecule is CC(C)(C)OC(=O)N1CCCN(CC2CCCO2)CC1. The second kappa shape index (κ2) is 6.76. The van der Waals surface area contributed by atoms with E-state index in [0.29, 0.717) is 6.10 Å². The van der Waals surface area contributed by atoms with Crippen molar-refractivity contribution in [3.63, 3.8) is 0 Å². The smallest absolute Gasteiger partial charge is 0.410 e. The summed E-state index contributed by atoms with van der Waals surface area (Å²) in [4.78, 5) is 16.3. The van der Waals surface area contributed by atoms with Crippen molar-refractivity contribution in [2.24, 2.45) is 0 Å². The zero-order valence-electron chi connectivity index (χ0n) is 13.1. The highest BCUT2D eigenvalue weighted by Crippen LogP contribution is 2.16. The molecule has 1 atom stereocenters. The fourth-order valence-corrected chi connectivity index (χ4v) is 2.74. The molecule has 1 amide bonds. The van der Waals surface area contributed by atoms with Gasteiger partial charge in [-0.15, -0.1) is 0 Å². The molecule has 2 aliphatic heterocycles. The molecule has 2 fully saturated rings. The quantitative estimate of drug-likeness (QED) is 0.779. The summed E-state index contributed by atoms with van der Waals surface area (Å²) >= 11 is 0. The van der Waals surface area contributed by atoms with Gasteiger partial charge in [-0.3, -0.25) is 4.90 Å². The maximum absolute atomic E-state index is 12.1. The molecule has 0 aliphatic carbocycles. The monoisotopic (exact) mass is 284 g/mol. The molecule has 116 valence electrons. The second-order valence-corrected chi connectivity index (χ2v) is 6.76. The lowest BCUT2D eigenvalue weighted by Gasteiger charge is -2.27. The van der Waals surface area contributed by atoms with Gasteiger partial charge in [0.05, 0.1) is 6.10 Å². The Bertz CT molecular complexity index is 322. The lowest BCUT2D eigenvalue weighted by Crippen LogP contribution is -2.40. The first-order valence-electron chi connectivity index (χ1n) is 7.76. The zero-order chi connectivity index (χ0) is 14.6. The van der Waals surface area contributed by atoms with Gasteiger partial charge < -0.3 is 14.4 Å². The van der Waals surface area contributed by atoms with Gasteiger partial charge in [-0.1, -0.05) is 0 Å². The van der Waals surface area contributed by atoms with Crippen LogP contribution in [0.3, 0.4) is 0 Å². The first-order valence-corrected chi connectivity index (χ1v) is 7.76. The molecule has 20 heavy (non-hydrogen) atoms. The average molecular weight is 284 g/mol. The molecule has 2 aliphatic rings. The molecule has 0 N–H and O–H groups in total. The van der Waals surface area contributed by atoms with E-state index in [1.54, 1.807) is 0 Å².